The Kier molecular flexibility index (Phi) is 6.92. The summed E-state index contributed by atoms with van der Waals surface area (Å²) in [5.41, 5.74) is 3.03. The van der Waals surface area contributed by atoms with Gasteiger partial charge in [-0.25, -0.2) is 15.0 Å². The van der Waals surface area contributed by atoms with Gasteiger partial charge in [0.1, 0.15) is 18.6 Å². The maximum absolute atomic E-state index is 5.81. The molecule has 2 aromatic heterocycles. The summed E-state index contributed by atoms with van der Waals surface area (Å²) in [7, 11) is 0. The average molecular weight is 410 g/mol. The molecule has 0 amide bonds. The van der Waals surface area contributed by atoms with E-state index in [0.717, 1.165) is 35.9 Å². The molecule has 0 spiro atoms. The van der Waals surface area contributed by atoms with E-state index in [4.69, 9.17) is 8.83 Å². The summed E-state index contributed by atoms with van der Waals surface area (Å²) >= 11 is 0. The van der Waals surface area contributed by atoms with E-state index >= 15 is 0 Å². The van der Waals surface area contributed by atoms with Crippen molar-refractivity contribution in [2.75, 3.05) is 13.1 Å². The first kappa shape index (κ1) is 21.6. The summed E-state index contributed by atoms with van der Waals surface area (Å²) in [5, 5.41) is 6.56. The lowest BCUT2D eigenvalue weighted by atomic mass is 9.94. The van der Waals surface area contributed by atoms with Gasteiger partial charge in [-0.05, 0) is 26.0 Å². The van der Waals surface area contributed by atoms with Crippen molar-refractivity contribution in [3.63, 3.8) is 0 Å². The maximum Gasteiger partial charge on any atom is 0.226 e. The smallest absolute Gasteiger partial charge is 0.226 e. The van der Waals surface area contributed by atoms with Gasteiger partial charge in [0, 0.05) is 30.5 Å². The van der Waals surface area contributed by atoms with E-state index in [0.29, 0.717) is 24.9 Å². The van der Waals surface area contributed by atoms with Gasteiger partial charge in [-0.1, -0.05) is 38.5 Å². The molecule has 0 aliphatic rings. The highest BCUT2D eigenvalue weighted by Crippen LogP contribution is 2.23. The van der Waals surface area contributed by atoms with E-state index in [1.165, 1.54) is 5.56 Å². The van der Waals surface area contributed by atoms with Crippen molar-refractivity contribution in [1.29, 1.82) is 0 Å². The third kappa shape index (κ3) is 5.95. The molecule has 3 rings (SSSR count). The molecule has 7 heteroatoms. The number of aryl methyl sites for hydroxylation is 1. The molecule has 0 saturated carbocycles. The van der Waals surface area contributed by atoms with Crippen LogP contribution in [-0.2, 0) is 18.4 Å². The minimum absolute atomic E-state index is 0.0628. The van der Waals surface area contributed by atoms with E-state index in [2.05, 4.69) is 65.4 Å². The molecule has 30 heavy (non-hydrogen) atoms. The zero-order valence-electron chi connectivity index (χ0n) is 18.5. The van der Waals surface area contributed by atoms with Crippen LogP contribution < -0.4 is 10.6 Å². The van der Waals surface area contributed by atoms with Gasteiger partial charge in [-0.2, -0.15) is 0 Å². The first-order chi connectivity index (χ1) is 14.3. The first-order valence-corrected chi connectivity index (χ1v) is 10.3. The Hall–Kier alpha value is -3.09. The first-order valence-electron chi connectivity index (χ1n) is 10.3. The molecule has 0 unspecified atom stereocenters. The number of rotatable bonds is 7. The standard InChI is InChI=1S/C23H31N5O2/c1-6-24-22(27-14-20-26-13-19(30-20)23(3,4)5)25-12-11-18-15-29-21(28-18)17-9-7-16(2)8-10-17/h7-10,13,15H,6,11-12,14H2,1-5H3,(H2,24,25,27). The Bertz CT molecular complexity index is 964. The lowest BCUT2D eigenvalue weighted by molar-refractivity contribution is 0.383. The quantitative estimate of drug-likeness (QED) is 0.448. The molecule has 2 heterocycles. The molecule has 3 aromatic rings. The summed E-state index contributed by atoms with van der Waals surface area (Å²) in [6.45, 7) is 12.2. The molecular formula is C23H31N5O2. The predicted molar refractivity (Wildman–Crippen MR) is 118 cm³/mol. The number of hydrogen-bond acceptors (Lipinski definition) is 5. The van der Waals surface area contributed by atoms with E-state index in [-0.39, 0.29) is 5.41 Å². The molecule has 0 atom stereocenters. The van der Waals surface area contributed by atoms with E-state index in [1.54, 1.807) is 12.5 Å². The number of guanidine groups is 1. The molecule has 0 radical (unpaired) electrons. The van der Waals surface area contributed by atoms with Gasteiger partial charge in [0.2, 0.25) is 11.8 Å². The topological polar surface area (TPSA) is 88.5 Å². The predicted octanol–water partition coefficient (Wildman–Crippen LogP) is 4.23. The zero-order chi connectivity index (χ0) is 21.6. The van der Waals surface area contributed by atoms with Crippen LogP contribution in [0.2, 0.25) is 0 Å². The zero-order valence-corrected chi connectivity index (χ0v) is 18.5. The number of aliphatic imine (C=N–C) groups is 1. The number of benzene rings is 1. The molecule has 2 N–H and O–H groups in total. The Balaban J connectivity index is 1.54. The van der Waals surface area contributed by atoms with Crippen LogP contribution in [-0.4, -0.2) is 29.0 Å². The summed E-state index contributed by atoms with van der Waals surface area (Å²) in [6, 6.07) is 8.15. The lowest BCUT2D eigenvalue weighted by Crippen LogP contribution is -2.38. The summed E-state index contributed by atoms with van der Waals surface area (Å²) in [5.74, 6) is 2.83. The molecule has 0 aliphatic carbocycles. The van der Waals surface area contributed by atoms with Crippen LogP contribution in [0.3, 0.4) is 0 Å². The van der Waals surface area contributed by atoms with E-state index in [9.17, 15) is 0 Å². The van der Waals surface area contributed by atoms with Crippen LogP contribution in [0.1, 0.15) is 50.6 Å². The third-order valence-corrected chi connectivity index (χ3v) is 4.53. The Morgan fingerprint density at radius 3 is 2.57 bits per heavy atom. The van der Waals surface area contributed by atoms with Gasteiger partial charge in [-0.15, -0.1) is 0 Å². The Labute approximate surface area is 178 Å². The SMILES string of the molecule is CCNC(=NCc1ncc(C(C)(C)C)o1)NCCc1coc(-c2ccc(C)cc2)n1. The van der Waals surface area contributed by atoms with Gasteiger partial charge in [0.15, 0.2) is 5.96 Å². The highest BCUT2D eigenvalue weighted by atomic mass is 16.4. The summed E-state index contributed by atoms with van der Waals surface area (Å²) in [4.78, 5) is 13.5. The number of nitrogens with zero attached hydrogens (tertiary/aromatic N) is 3. The third-order valence-electron chi connectivity index (χ3n) is 4.53. The van der Waals surface area contributed by atoms with Crippen LogP contribution >= 0.6 is 0 Å². The largest absolute Gasteiger partial charge is 0.444 e. The molecule has 0 fully saturated rings. The van der Waals surface area contributed by atoms with E-state index < -0.39 is 0 Å². The summed E-state index contributed by atoms with van der Waals surface area (Å²) in [6.07, 6.45) is 4.22. The normalized spacial score (nSPS) is 12.2. The number of oxazole rings is 2. The van der Waals surface area contributed by atoms with Crippen LogP contribution in [0.25, 0.3) is 11.5 Å². The number of nitrogens with one attached hydrogen (secondary N) is 2. The molecular weight excluding hydrogens is 378 g/mol. The van der Waals surface area contributed by atoms with Gasteiger partial charge >= 0.3 is 0 Å². The van der Waals surface area contributed by atoms with E-state index in [1.807, 2.05) is 19.1 Å². The second kappa shape index (κ2) is 9.61. The lowest BCUT2D eigenvalue weighted by Gasteiger charge is -2.13. The second-order valence-corrected chi connectivity index (χ2v) is 8.25. The highest BCUT2D eigenvalue weighted by molar-refractivity contribution is 5.79. The minimum atomic E-state index is -0.0628. The number of aromatic nitrogens is 2. The summed E-state index contributed by atoms with van der Waals surface area (Å²) < 4.78 is 11.4. The fraction of sp³-hybridized carbons (Fsp3) is 0.435. The molecule has 1 aromatic carbocycles. The van der Waals surface area contributed by atoms with Crippen molar-refractivity contribution < 1.29 is 8.83 Å². The van der Waals surface area contributed by atoms with Crippen LogP contribution in [0.4, 0.5) is 0 Å². The maximum atomic E-state index is 5.81. The number of hydrogen-bond donors (Lipinski definition) is 2. The molecule has 7 nitrogen and oxygen atoms in total. The van der Waals surface area contributed by atoms with Crippen LogP contribution in [0.15, 0.2) is 50.6 Å². The minimum Gasteiger partial charge on any atom is -0.444 e. The fourth-order valence-corrected chi connectivity index (χ4v) is 2.78. The second-order valence-electron chi connectivity index (χ2n) is 8.25. The van der Waals surface area contributed by atoms with Crippen molar-refractivity contribution in [3.05, 3.63) is 59.6 Å². The molecule has 0 saturated heterocycles. The van der Waals surface area contributed by atoms with Gasteiger partial charge in [0.25, 0.3) is 0 Å². The monoisotopic (exact) mass is 409 g/mol. The Morgan fingerprint density at radius 2 is 1.90 bits per heavy atom. The molecule has 160 valence electrons. The van der Waals surface area contributed by atoms with Crippen LogP contribution in [0.5, 0.6) is 0 Å². The fourth-order valence-electron chi connectivity index (χ4n) is 2.78. The highest BCUT2D eigenvalue weighted by Gasteiger charge is 2.19. The van der Waals surface area contributed by atoms with Gasteiger partial charge in [0.05, 0.1) is 11.9 Å². The van der Waals surface area contributed by atoms with Crippen molar-refractivity contribution in [1.82, 2.24) is 20.6 Å². The van der Waals surface area contributed by atoms with Crippen molar-refractivity contribution in [2.45, 2.75) is 53.0 Å². The average Bonchev–Trinajstić information content (AvgIpc) is 3.36. The van der Waals surface area contributed by atoms with Gasteiger partial charge in [-0.3, -0.25) is 0 Å². The van der Waals surface area contributed by atoms with Crippen molar-refractivity contribution in [3.8, 4) is 11.5 Å². The van der Waals surface area contributed by atoms with Gasteiger partial charge < -0.3 is 19.5 Å². The Morgan fingerprint density at radius 1 is 1.13 bits per heavy atom. The molecule has 0 bridgehead atoms. The molecule has 0 aliphatic heterocycles. The van der Waals surface area contributed by atoms with Crippen molar-refractivity contribution in [2.24, 2.45) is 4.99 Å². The van der Waals surface area contributed by atoms with Crippen molar-refractivity contribution >= 4 is 5.96 Å². The van der Waals surface area contributed by atoms with Crippen LogP contribution in [0, 0.1) is 6.92 Å².